The van der Waals surface area contributed by atoms with Crippen molar-refractivity contribution in [2.75, 3.05) is 25.1 Å². The average molecular weight is 462 g/mol. The summed E-state index contributed by atoms with van der Waals surface area (Å²) in [7, 11) is 0. The topological polar surface area (TPSA) is 67.9 Å². The third-order valence-corrected chi connectivity index (χ3v) is 5.65. The second-order valence-electron chi connectivity index (χ2n) is 7.88. The SMILES string of the molecule is O=C1C(Nc2ccc3c(c2)OCCO3)=C(c2ccc(F)cc2)C(=O)N1CCc1ccc(F)cc1. The summed E-state index contributed by atoms with van der Waals surface area (Å²) < 4.78 is 37.9. The highest BCUT2D eigenvalue weighted by molar-refractivity contribution is 6.36. The number of imide groups is 1. The number of anilines is 1. The number of hydrogen-bond donors (Lipinski definition) is 1. The summed E-state index contributed by atoms with van der Waals surface area (Å²) in [5.74, 6) is -0.664. The number of benzene rings is 3. The van der Waals surface area contributed by atoms with Crippen LogP contribution in [-0.2, 0) is 16.0 Å². The Morgan fingerprint density at radius 2 is 1.44 bits per heavy atom. The molecule has 3 aromatic carbocycles. The predicted octanol–water partition coefficient (Wildman–Crippen LogP) is 4.17. The molecular formula is C26H20F2N2O4. The molecule has 8 heteroatoms. The van der Waals surface area contributed by atoms with Crippen LogP contribution in [0.5, 0.6) is 11.5 Å². The normalized spacial score (nSPS) is 15.2. The molecule has 0 saturated carbocycles. The molecule has 172 valence electrons. The van der Waals surface area contributed by atoms with Crippen molar-refractivity contribution >= 4 is 23.1 Å². The van der Waals surface area contributed by atoms with Crippen molar-refractivity contribution in [2.24, 2.45) is 0 Å². The molecular weight excluding hydrogens is 442 g/mol. The molecule has 0 saturated heterocycles. The molecule has 3 aromatic rings. The van der Waals surface area contributed by atoms with E-state index in [2.05, 4.69) is 5.32 Å². The molecule has 0 aliphatic carbocycles. The van der Waals surface area contributed by atoms with Gasteiger partial charge in [0, 0.05) is 18.3 Å². The molecule has 1 N–H and O–H groups in total. The number of halogens is 2. The Kier molecular flexibility index (Phi) is 5.71. The van der Waals surface area contributed by atoms with Crippen LogP contribution in [-0.4, -0.2) is 36.5 Å². The molecule has 0 bridgehead atoms. The molecule has 2 aliphatic rings. The number of hydrogen-bond acceptors (Lipinski definition) is 5. The van der Waals surface area contributed by atoms with Gasteiger partial charge in [-0.3, -0.25) is 14.5 Å². The lowest BCUT2D eigenvalue weighted by atomic mass is 10.0. The summed E-state index contributed by atoms with van der Waals surface area (Å²) >= 11 is 0. The zero-order valence-corrected chi connectivity index (χ0v) is 18.0. The fourth-order valence-electron chi connectivity index (χ4n) is 3.94. The van der Waals surface area contributed by atoms with Gasteiger partial charge in [-0.1, -0.05) is 24.3 Å². The van der Waals surface area contributed by atoms with Crippen molar-refractivity contribution in [3.05, 3.63) is 95.2 Å². The van der Waals surface area contributed by atoms with E-state index in [1.807, 2.05) is 0 Å². The first-order valence-electron chi connectivity index (χ1n) is 10.8. The van der Waals surface area contributed by atoms with Crippen LogP contribution in [0.2, 0.25) is 0 Å². The molecule has 2 heterocycles. The first kappa shape index (κ1) is 21.6. The molecule has 2 amide bonds. The summed E-state index contributed by atoms with van der Waals surface area (Å²) in [6.45, 7) is 0.977. The third kappa shape index (κ3) is 4.22. The molecule has 34 heavy (non-hydrogen) atoms. The highest BCUT2D eigenvalue weighted by atomic mass is 19.1. The van der Waals surface area contributed by atoms with Crippen molar-refractivity contribution in [1.82, 2.24) is 4.90 Å². The van der Waals surface area contributed by atoms with Crippen LogP contribution in [0.1, 0.15) is 11.1 Å². The standard InChI is InChI=1S/C26H20F2N2O4/c27-18-5-1-16(2-6-18)11-12-30-25(31)23(17-3-7-19(28)8-4-17)24(26(30)32)29-20-9-10-21-22(15-20)34-14-13-33-21/h1-10,15,29H,11-14H2. The molecule has 0 atom stereocenters. The van der Waals surface area contributed by atoms with E-state index < -0.39 is 17.6 Å². The third-order valence-electron chi connectivity index (χ3n) is 5.65. The van der Waals surface area contributed by atoms with Crippen LogP contribution in [0.4, 0.5) is 14.5 Å². The number of carbonyl (C=O) groups is 2. The first-order valence-corrected chi connectivity index (χ1v) is 10.8. The van der Waals surface area contributed by atoms with E-state index in [-0.39, 0.29) is 23.6 Å². The first-order chi connectivity index (χ1) is 16.5. The van der Waals surface area contributed by atoms with E-state index in [0.29, 0.717) is 42.4 Å². The molecule has 0 aromatic heterocycles. The van der Waals surface area contributed by atoms with Gasteiger partial charge in [0.15, 0.2) is 11.5 Å². The summed E-state index contributed by atoms with van der Waals surface area (Å²) in [5.41, 5.74) is 1.99. The van der Waals surface area contributed by atoms with Crippen LogP contribution >= 0.6 is 0 Å². The summed E-state index contributed by atoms with van der Waals surface area (Å²) in [6, 6.07) is 16.4. The van der Waals surface area contributed by atoms with Gasteiger partial charge >= 0.3 is 0 Å². The molecule has 0 fully saturated rings. The van der Waals surface area contributed by atoms with Gasteiger partial charge in [-0.15, -0.1) is 0 Å². The molecule has 0 spiro atoms. The minimum Gasteiger partial charge on any atom is -0.486 e. The molecule has 0 unspecified atom stereocenters. The molecule has 6 nitrogen and oxygen atoms in total. The zero-order valence-electron chi connectivity index (χ0n) is 18.0. The van der Waals surface area contributed by atoms with Crippen molar-refractivity contribution in [1.29, 1.82) is 0 Å². The van der Waals surface area contributed by atoms with Crippen LogP contribution in [0.25, 0.3) is 5.57 Å². The predicted molar refractivity (Wildman–Crippen MR) is 121 cm³/mol. The Hall–Kier alpha value is -4.20. The maximum atomic E-state index is 13.5. The quantitative estimate of drug-likeness (QED) is 0.557. The van der Waals surface area contributed by atoms with Gasteiger partial charge < -0.3 is 14.8 Å². The number of amides is 2. The van der Waals surface area contributed by atoms with Crippen molar-refractivity contribution in [3.8, 4) is 11.5 Å². The number of ether oxygens (including phenoxy) is 2. The second-order valence-corrected chi connectivity index (χ2v) is 7.88. The van der Waals surface area contributed by atoms with Gasteiger partial charge in [0.1, 0.15) is 30.5 Å². The lowest BCUT2D eigenvalue weighted by molar-refractivity contribution is -0.136. The Balaban J connectivity index is 1.45. The largest absolute Gasteiger partial charge is 0.486 e. The van der Waals surface area contributed by atoms with Gasteiger partial charge in [0.2, 0.25) is 0 Å². The number of nitrogens with one attached hydrogen (secondary N) is 1. The van der Waals surface area contributed by atoms with E-state index in [0.717, 1.165) is 10.5 Å². The van der Waals surface area contributed by atoms with E-state index >= 15 is 0 Å². The summed E-state index contributed by atoms with van der Waals surface area (Å²) in [5, 5.41) is 3.06. The van der Waals surface area contributed by atoms with Crippen LogP contribution < -0.4 is 14.8 Å². The second kappa shape index (κ2) is 8.97. The lowest BCUT2D eigenvalue weighted by Gasteiger charge is -2.19. The highest BCUT2D eigenvalue weighted by Gasteiger charge is 2.39. The monoisotopic (exact) mass is 462 g/mol. The van der Waals surface area contributed by atoms with Gasteiger partial charge in [0.25, 0.3) is 11.8 Å². The Morgan fingerprint density at radius 3 is 2.15 bits per heavy atom. The zero-order chi connectivity index (χ0) is 23.7. The Bertz CT molecular complexity index is 1290. The van der Waals surface area contributed by atoms with Gasteiger partial charge in [-0.05, 0) is 53.9 Å². The van der Waals surface area contributed by atoms with E-state index in [9.17, 15) is 18.4 Å². The minimum atomic E-state index is -0.499. The fourth-order valence-corrected chi connectivity index (χ4v) is 3.94. The van der Waals surface area contributed by atoms with Crippen molar-refractivity contribution in [2.45, 2.75) is 6.42 Å². The van der Waals surface area contributed by atoms with Crippen LogP contribution in [0, 0.1) is 11.6 Å². The average Bonchev–Trinajstić information content (AvgIpc) is 3.08. The molecule has 2 aliphatic heterocycles. The van der Waals surface area contributed by atoms with Gasteiger partial charge in [0.05, 0.1) is 5.57 Å². The number of rotatable bonds is 6. The van der Waals surface area contributed by atoms with Crippen LogP contribution in [0.3, 0.4) is 0 Å². The Labute approximate surface area is 194 Å². The fraction of sp³-hybridized carbons (Fsp3) is 0.154. The highest BCUT2D eigenvalue weighted by Crippen LogP contribution is 2.35. The van der Waals surface area contributed by atoms with Crippen molar-refractivity contribution < 1.29 is 27.8 Å². The van der Waals surface area contributed by atoms with E-state index in [4.69, 9.17) is 9.47 Å². The maximum Gasteiger partial charge on any atom is 0.278 e. The Morgan fingerprint density at radius 1 is 0.794 bits per heavy atom. The van der Waals surface area contributed by atoms with Crippen molar-refractivity contribution in [3.63, 3.8) is 0 Å². The maximum absolute atomic E-state index is 13.5. The number of carbonyl (C=O) groups excluding carboxylic acids is 2. The summed E-state index contributed by atoms with van der Waals surface area (Å²) in [4.78, 5) is 27.8. The van der Waals surface area contributed by atoms with Gasteiger partial charge in [-0.2, -0.15) is 0 Å². The van der Waals surface area contributed by atoms with E-state index in [1.54, 1.807) is 30.3 Å². The van der Waals surface area contributed by atoms with Gasteiger partial charge in [-0.25, -0.2) is 8.78 Å². The lowest BCUT2D eigenvalue weighted by Crippen LogP contribution is -2.34. The molecule has 0 radical (unpaired) electrons. The number of nitrogens with zero attached hydrogens (tertiary/aromatic N) is 1. The molecule has 5 rings (SSSR count). The minimum absolute atomic E-state index is 0.0902. The smallest absolute Gasteiger partial charge is 0.278 e. The number of fused-ring (bicyclic) bond motifs is 1. The summed E-state index contributed by atoms with van der Waals surface area (Å²) in [6.07, 6.45) is 0.367. The van der Waals surface area contributed by atoms with E-state index in [1.165, 1.54) is 36.4 Å². The van der Waals surface area contributed by atoms with Crippen LogP contribution in [0.15, 0.2) is 72.4 Å².